The number of ether oxygens (including phenoxy) is 2. The quantitative estimate of drug-likeness (QED) is 0.288. The summed E-state index contributed by atoms with van der Waals surface area (Å²) in [7, 11) is 0. The molecule has 1 aliphatic rings. The molecule has 0 aliphatic carbocycles. The molecule has 0 radical (unpaired) electrons. The average Bonchev–Trinajstić information content (AvgIpc) is 2.82. The molecule has 1 saturated heterocycles. The number of thioether (sulfide) groups is 1. The van der Waals surface area contributed by atoms with E-state index in [4.69, 9.17) is 21.7 Å². The predicted molar refractivity (Wildman–Crippen MR) is 116 cm³/mol. The zero-order chi connectivity index (χ0) is 18.4. The van der Waals surface area contributed by atoms with Crippen LogP contribution in [0.5, 0.6) is 11.5 Å². The van der Waals surface area contributed by atoms with Crippen LogP contribution in [-0.2, 0) is 4.79 Å². The van der Waals surface area contributed by atoms with E-state index in [1.807, 2.05) is 32.1 Å². The molecule has 4 nitrogen and oxygen atoms in total. The molecule has 0 atom stereocenters. The summed E-state index contributed by atoms with van der Waals surface area (Å²) in [6, 6.07) is 3.92. The third-order valence-electron chi connectivity index (χ3n) is 3.40. The third kappa shape index (κ3) is 5.10. The second-order valence-electron chi connectivity index (χ2n) is 5.44. The fourth-order valence-electron chi connectivity index (χ4n) is 2.35. The van der Waals surface area contributed by atoms with Gasteiger partial charge in [-0.05, 0) is 66.1 Å². The normalized spacial score (nSPS) is 16.0. The van der Waals surface area contributed by atoms with E-state index in [0.717, 1.165) is 27.7 Å². The minimum absolute atomic E-state index is 0.0175. The molecule has 0 unspecified atom stereocenters. The van der Waals surface area contributed by atoms with Gasteiger partial charge in [0, 0.05) is 6.54 Å². The lowest BCUT2D eigenvalue weighted by Gasteiger charge is -2.14. The molecule has 1 aromatic carbocycles. The Balaban J connectivity index is 2.33. The second-order valence-corrected chi connectivity index (χ2v) is 8.28. The van der Waals surface area contributed by atoms with Crippen LogP contribution in [0.4, 0.5) is 0 Å². The molecule has 0 spiro atoms. The minimum atomic E-state index is -0.0175. The molecular formula is C18H22INO3S2. The molecule has 0 bridgehead atoms. The van der Waals surface area contributed by atoms with Gasteiger partial charge in [0.15, 0.2) is 11.5 Å². The Morgan fingerprint density at radius 2 is 2.00 bits per heavy atom. The molecule has 136 valence electrons. The lowest BCUT2D eigenvalue weighted by molar-refractivity contribution is -0.122. The van der Waals surface area contributed by atoms with Gasteiger partial charge >= 0.3 is 0 Å². The average molecular weight is 491 g/mol. The van der Waals surface area contributed by atoms with E-state index in [2.05, 4.69) is 29.5 Å². The van der Waals surface area contributed by atoms with Gasteiger partial charge in [-0.25, -0.2) is 0 Å². The van der Waals surface area contributed by atoms with Gasteiger partial charge in [0.25, 0.3) is 5.91 Å². The van der Waals surface area contributed by atoms with Crippen LogP contribution in [-0.4, -0.2) is 34.9 Å². The van der Waals surface area contributed by atoms with Gasteiger partial charge in [0.05, 0.1) is 21.7 Å². The zero-order valence-electron chi connectivity index (χ0n) is 14.6. The van der Waals surface area contributed by atoms with Crippen molar-refractivity contribution in [3.63, 3.8) is 0 Å². The van der Waals surface area contributed by atoms with Gasteiger partial charge in [-0.3, -0.25) is 9.69 Å². The van der Waals surface area contributed by atoms with Crippen molar-refractivity contribution < 1.29 is 14.3 Å². The van der Waals surface area contributed by atoms with Crippen molar-refractivity contribution in [2.75, 3.05) is 19.8 Å². The highest BCUT2D eigenvalue weighted by molar-refractivity contribution is 14.1. The van der Waals surface area contributed by atoms with Crippen LogP contribution in [0.15, 0.2) is 17.0 Å². The van der Waals surface area contributed by atoms with Crippen molar-refractivity contribution in [2.45, 2.75) is 33.6 Å². The van der Waals surface area contributed by atoms with Crippen LogP contribution in [0.25, 0.3) is 6.08 Å². The smallest absolute Gasteiger partial charge is 0.266 e. The van der Waals surface area contributed by atoms with Gasteiger partial charge in [0.2, 0.25) is 0 Å². The first-order valence-electron chi connectivity index (χ1n) is 8.36. The maximum absolute atomic E-state index is 12.5. The number of rotatable bonds is 8. The van der Waals surface area contributed by atoms with Crippen LogP contribution in [0.1, 0.15) is 39.2 Å². The number of benzene rings is 1. The Kier molecular flexibility index (Phi) is 8.02. The minimum Gasteiger partial charge on any atom is -0.490 e. The standard InChI is InChI=1S/C18H22INO3S2/c1-4-7-20-17(21)15(25-18(20)24)11-12-9-13(19)16(23-8-5-2)14(10-12)22-6-3/h9-11H,4-8H2,1-3H3/b15-11+. The number of carbonyl (C=O) groups is 1. The summed E-state index contributed by atoms with van der Waals surface area (Å²) in [6.45, 7) is 7.91. The Bertz CT molecular complexity index is 691. The van der Waals surface area contributed by atoms with E-state index in [1.165, 1.54) is 11.8 Å². The molecule has 1 aromatic rings. The molecule has 0 aromatic heterocycles. The molecule has 7 heteroatoms. The summed E-state index contributed by atoms with van der Waals surface area (Å²) < 4.78 is 13.2. The van der Waals surface area contributed by atoms with E-state index in [9.17, 15) is 4.79 Å². The first-order valence-corrected chi connectivity index (χ1v) is 10.7. The van der Waals surface area contributed by atoms with Crippen molar-refractivity contribution in [1.29, 1.82) is 0 Å². The van der Waals surface area contributed by atoms with Gasteiger partial charge in [-0.2, -0.15) is 0 Å². The molecule has 0 saturated carbocycles. The van der Waals surface area contributed by atoms with Crippen molar-refractivity contribution >= 4 is 62.9 Å². The first kappa shape index (κ1) is 20.5. The summed E-state index contributed by atoms with van der Waals surface area (Å²) in [5, 5.41) is 0. The Labute approximate surface area is 172 Å². The van der Waals surface area contributed by atoms with E-state index in [1.54, 1.807) is 4.90 Å². The van der Waals surface area contributed by atoms with E-state index < -0.39 is 0 Å². The first-order chi connectivity index (χ1) is 12.0. The summed E-state index contributed by atoms with van der Waals surface area (Å²) in [4.78, 5) is 14.8. The number of thiocarbonyl (C=S) groups is 1. The van der Waals surface area contributed by atoms with Gasteiger partial charge in [-0.1, -0.05) is 37.8 Å². The largest absolute Gasteiger partial charge is 0.490 e. The second kappa shape index (κ2) is 9.78. The fourth-order valence-corrected chi connectivity index (χ4v) is 4.44. The lowest BCUT2D eigenvalue weighted by atomic mass is 10.2. The Morgan fingerprint density at radius 3 is 2.64 bits per heavy atom. The highest BCUT2D eigenvalue weighted by atomic mass is 127. The van der Waals surface area contributed by atoms with Crippen LogP contribution >= 0.6 is 46.6 Å². The zero-order valence-corrected chi connectivity index (χ0v) is 18.4. The van der Waals surface area contributed by atoms with E-state index in [0.29, 0.717) is 34.7 Å². The van der Waals surface area contributed by atoms with Crippen LogP contribution in [0.3, 0.4) is 0 Å². The number of hydrogen-bond acceptors (Lipinski definition) is 5. The Morgan fingerprint density at radius 1 is 1.24 bits per heavy atom. The fraction of sp³-hybridized carbons (Fsp3) is 0.444. The van der Waals surface area contributed by atoms with Crippen LogP contribution in [0, 0.1) is 3.57 Å². The number of halogens is 1. The maximum Gasteiger partial charge on any atom is 0.266 e. The van der Waals surface area contributed by atoms with Crippen LogP contribution in [0.2, 0.25) is 0 Å². The Hall–Kier alpha value is -0.800. The maximum atomic E-state index is 12.5. The summed E-state index contributed by atoms with van der Waals surface area (Å²) in [5.41, 5.74) is 0.911. The summed E-state index contributed by atoms with van der Waals surface area (Å²) in [6.07, 6.45) is 3.70. The summed E-state index contributed by atoms with van der Waals surface area (Å²) in [5.74, 6) is 1.45. The van der Waals surface area contributed by atoms with Gasteiger partial charge < -0.3 is 9.47 Å². The SMILES string of the molecule is CCCOc1c(I)cc(/C=C2/SC(=S)N(CCC)C2=O)cc1OCC. The third-order valence-corrected chi connectivity index (χ3v) is 5.58. The molecule has 1 aliphatic heterocycles. The predicted octanol–water partition coefficient (Wildman–Crippen LogP) is 5.09. The van der Waals surface area contributed by atoms with E-state index >= 15 is 0 Å². The molecule has 1 amide bonds. The van der Waals surface area contributed by atoms with Crippen LogP contribution < -0.4 is 9.47 Å². The molecule has 1 fully saturated rings. The number of nitrogens with zero attached hydrogens (tertiary/aromatic N) is 1. The number of carbonyl (C=O) groups excluding carboxylic acids is 1. The highest BCUT2D eigenvalue weighted by Gasteiger charge is 2.31. The number of amides is 1. The lowest BCUT2D eigenvalue weighted by Crippen LogP contribution is -2.28. The number of hydrogen-bond donors (Lipinski definition) is 0. The van der Waals surface area contributed by atoms with Crippen molar-refractivity contribution in [3.8, 4) is 11.5 Å². The topological polar surface area (TPSA) is 38.8 Å². The molecule has 25 heavy (non-hydrogen) atoms. The monoisotopic (exact) mass is 491 g/mol. The molecule has 1 heterocycles. The molecular weight excluding hydrogens is 469 g/mol. The van der Waals surface area contributed by atoms with Gasteiger partial charge in [0.1, 0.15) is 4.32 Å². The van der Waals surface area contributed by atoms with Crippen molar-refractivity contribution in [2.24, 2.45) is 0 Å². The van der Waals surface area contributed by atoms with Gasteiger partial charge in [-0.15, -0.1) is 0 Å². The molecule has 2 rings (SSSR count). The molecule has 0 N–H and O–H groups in total. The van der Waals surface area contributed by atoms with E-state index in [-0.39, 0.29) is 5.91 Å². The van der Waals surface area contributed by atoms with Crippen molar-refractivity contribution in [3.05, 3.63) is 26.2 Å². The summed E-state index contributed by atoms with van der Waals surface area (Å²) >= 11 is 8.92. The highest BCUT2D eigenvalue weighted by Crippen LogP contribution is 2.37. The van der Waals surface area contributed by atoms with Crippen molar-refractivity contribution in [1.82, 2.24) is 4.90 Å².